The summed E-state index contributed by atoms with van der Waals surface area (Å²) in [6.07, 6.45) is 1.33. The standard InChI is InChI=1S/C16H20N2O4/c17-13(19)10-12-8-9-18(15(12)16(21)22)14(20)7-6-11-4-2-1-3-5-11/h1-5,12,15H,6-10H2,(H2,17,19)(H,21,22)/t12-,15+/m1/s1. The number of aryl methyl sites for hydroxylation is 1. The Morgan fingerprint density at radius 1 is 1.23 bits per heavy atom. The molecule has 0 aromatic heterocycles. The molecule has 1 fully saturated rings. The van der Waals surface area contributed by atoms with Crippen LogP contribution in [0.4, 0.5) is 0 Å². The minimum absolute atomic E-state index is 0.000564. The molecule has 2 rings (SSSR count). The number of amides is 2. The van der Waals surface area contributed by atoms with Crippen LogP contribution in [0.25, 0.3) is 0 Å². The van der Waals surface area contributed by atoms with Gasteiger partial charge in [-0.2, -0.15) is 0 Å². The fourth-order valence-electron chi connectivity index (χ4n) is 2.98. The maximum Gasteiger partial charge on any atom is 0.326 e. The second-order valence-corrected chi connectivity index (χ2v) is 5.57. The van der Waals surface area contributed by atoms with Crippen LogP contribution in [0.2, 0.25) is 0 Å². The molecule has 0 saturated carbocycles. The van der Waals surface area contributed by atoms with Crippen LogP contribution in [0.1, 0.15) is 24.8 Å². The third kappa shape index (κ3) is 3.84. The number of carboxylic acids is 1. The first kappa shape index (κ1) is 16.0. The van der Waals surface area contributed by atoms with Crippen LogP contribution >= 0.6 is 0 Å². The SMILES string of the molecule is NC(=O)C[C@H]1CCN(C(=O)CCc2ccccc2)[C@@H]1C(=O)O. The predicted molar refractivity (Wildman–Crippen MR) is 79.8 cm³/mol. The van der Waals surface area contributed by atoms with Gasteiger partial charge in [-0.05, 0) is 18.4 Å². The quantitative estimate of drug-likeness (QED) is 0.811. The zero-order valence-corrected chi connectivity index (χ0v) is 12.3. The smallest absolute Gasteiger partial charge is 0.326 e. The van der Waals surface area contributed by atoms with Gasteiger partial charge < -0.3 is 15.7 Å². The molecule has 1 aliphatic heterocycles. The number of aliphatic carboxylic acids is 1. The van der Waals surface area contributed by atoms with Crippen LogP contribution in [0, 0.1) is 5.92 Å². The second-order valence-electron chi connectivity index (χ2n) is 5.57. The van der Waals surface area contributed by atoms with E-state index in [1.165, 1.54) is 4.90 Å². The van der Waals surface area contributed by atoms with Crippen molar-refractivity contribution in [1.82, 2.24) is 4.90 Å². The van der Waals surface area contributed by atoms with Crippen molar-refractivity contribution in [2.45, 2.75) is 31.7 Å². The first-order valence-corrected chi connectivity index (χ1v) is 7.33. The summed E-state index contributed by atoms with van der Waals surface area (Å²) in [5.41, 5.74) is 6.19. The lowest BCUT2D eigenvalue weighted by molar-refractivity contribution is -0.149. The van der Waals surface area contributed by atoms with Gasteiger partial charge in [0.1, 0.15) is 6.04 Å². The molecular weight excluding hydrogens is 284 g/mol. The average molecular weight is 304 g/mol. The van der Waals surface area contributed by atoms with E-state index in [0.29, 0.717) is 19.4 Å². The van der Waals surface area contributed by atoms with Crippen LogP contribution in [0.3, 0.4) is 0 Å². The molecule has 3 N–H and O–H groups in total. The van der Waals surface area contributed by atoms with E-state index in [2.05, 4.69) is 0 Å². The maximum atomic E-state index is 12.3. The van der Waals surface area contributed by atoms with Gasteiger partial charge in [0.25, 0.3) is 0 Å². The molecule has 0 bridgehead atoms. The molecule has 1 aromatic carbocycles. The van der Waals surface area contributed by atoms with Gasteiger partial charge in [0.05, 0.1) is 0 Å². The number of nitrogens with two attached hydrogens (primary N) is 1. The first-order valence-electron chi connectivity index (χ1n) is 7.33. The van der Waals surface area contributed by atoms with Gasteiger partial charge in [0.15, 0.2) is 0 Å². The predicted octanol–water partition coefficient (Wildman–Crippen LogP) is 0.796. The zero-order valence-electron chi connectivity index (χ0n) is 12.3. The largest absolute Gasteiger partial charge is 0.480 e. The third-order valence-electron chi connectivity index (χ3n) is 4.03. The van der Waals surface area contributed by atoms with Crippen molar-refractivity contribution >= 4 is 17.8 Å². The molecule has 0 aliphatic carbocycles. The van der Waals surface area contributed by atoms with E-state index in [1.807, 2.05) is 30.3 Å². The first-order chi connectivity index (χ1) is 10.5. The maximum absolute atomic E-state index is 12.3. The van der Waals surface area contributed by atoms with E-state index in [9.17, 15) is 19.5 Å². The van der Waals surface area contributed by atoms with E-state index < -0.39 is 23.8 Å². The fourth-order valence-corrected chi connectivity index (χ4v) is 2.98. The van der Waals surface area contributed by atoms with E-state index in [1.54, 1.807) is 0 Å². The van der Waals surface area contributed by atoms with Crippen LogP contribution < -0.4 is 5.73 Å². The van der Waals surface area contributed by atoms with Crippen LogP contribution in [0.5, 0.6) is 0 Å². The number of primary amides is 1. The van der Waals surface area contributed by atoms with Crippen molar-refractivity contribution < 1.29 is 19.5 Å². The fraction of sp³-hybridized carbons (Fsp3) is 0.438. The Morgan fingerprint density at radius 2 is 1.91 bits per heavy atom. The van der Waals surface area contributed by atoms with Crippen LogP contribution in [-0.2, 0) is 20.8 Å². The molecule has 1 saturated heterocycles. The van der Waals surface area contributed by atoms with E-state index in [0.717, 1.165) is 5.56 Å². The summed E-state index contributed by atoms with van der Waals surface area (Å²) in [4.78, 5) is 36.2. The monoisotopic (exact) mass is 304 g/mol. The number of rotatable bonds is 6. The number of carbonyl (C=O) groups excluding carboxylic acids is 2. The summed E-state index contributed by atoms with van der Waals surface area (Å²) >= 11 is 0. The number of likely N-dealkylation sites (tertiary alicyclic amines) is 1. The minimum atomic E-state index is -1.07. The number of benzene rings is 1. The van der Waals surface area contributed by atoms with Gasteiger partial charge in [-0.1, -0.05) is 30.3 Å². The molecular formula is C16H20N2O4. The lowest BCUT2D eigenvalue weighted by atomic mass is 9.96. The molecule has 1 heterocycles. The molecule has 1 aromatic rings. The molecule has 0 radical (unpaired) electrons. The normalized spacial score (nSPS) is 20.8. The molecule has 0 unspecified atom stereocenters. The summed E-state index contributed by atoms with van der Waals surface area (Å²) in [6, 6.07) is 8.62. The van der Waals surface area contributed by atoms with Gasteiger partial charge in [-0.15, -0.1) is 0 Å². The Labute approximate surface area is 128 Å². The van der Waals surface area contributed by atoms with Crippen LogP contribution in [-0.4, -0.2) is 40.4 Å². The third-order valence-corrected chi connectivity index (χ3v) is 4.03. The number of hydrogen-bond donors (Lipinski definition) is 2. The Balaban J connectivity index is 1.99. The van der Waals surface area contributed by atoms with E-state index in [-0.39, 0.29) is 18.7 Å². The molecule has 6 heteroatoms. The van der Waals surface area contributed by atoms with Crippen molar-refractivity contribution in [3.8, 4) is 0 Å². The molecule has 0 spiro atoms. The molecule has 22 heavy (non-hydrogen) atoms. The van der Waals surface area contributed by atoms with Crippen molar-refractivity contribution in [1.29, 1.82) is 0 Å². The number of carboxylic acid groups (broad SMARTS) is 1. The van der Waals surface area contributed by atoms with E-state index >= 15 is 0 Å². The Kier molecular flexibility index (Phi) is 5.14. The average Bonchev–Trinajstić information content (AvgIpc) is 2.89. The molecule has 118 valence electrons. The minimum Gasteiger partial charge on any atom is -0.480 e. The van der Waals surface area contributed by atoms with Crippen LogP contribution in [0.15, 0.2) is 30.3 Å². The van der Waals surface area contributed by atoms with Gasteiger partial charge in [0.2, 0.25) is 11.8 Å². The van der Waals surface area contributed by atoms with Crippen molar-refractivity contribution in [3.63, 3.8) is 0 Å². The summed E-state index contributed by atoms with van der Waals surface area (Å²) in [5, 5.41) is 9.36. The Hall–Kier alpha value is -2.37. The molecule has 2 amide bonds. The molecule has 6 nitrogen and oxygen atoms in total. The second kappa shape index (κ2) is 7.06. The summed E-state index contributed by atoms with van der Waals surface area (Å²) in [7, 11) is 0. The van der Waals surface area contributed by atoms with Gasteiger partial charge in [0, 0.05) is 25.3 Å². The van der Waals surface area contributed by atoms with Gasteiger partial charge >= 0.3 is 5.97 Å². The molecule has 1 aliphatic rings. The zero-order chi connectivity index (χ0) is 16.1. The lowest BCUT2D eigenvalue weighted by Crippen LogP contribution is -2.44. The number of hydrogen-bond acceptors (Lipinski definition) is 3. The highest BCUT2D eigenvalue weighted by atomic mass is 16.4. The van der Waals surface area contributed by atoms with Gasteiger partial charge in [-0.25, -0.2) is 4.79 Å². The highest BCUT2D eigenvalue weighted by molar-refractivity contribution is 5.85. The topological polar surface area (TPSA) is 101 Å². The summed E-state index contributed by atoms with van der Waals surface area (Å²) in [5.74, 6) is -2.19. The Morgan fingerprint density at radius 3 is 2.50 bits per heavy atom. The Bertz CT molecular complexity index is 559. The number of carbonyl (C=O) groups is 3. The van der Waals surface area contributed by atoms with Crippen molar-refractivity contribution in [2.24, 2.45) is 11.7 Å². The summed E-state index contributed by atoms with van der Waals surface area (Å²) < 4.78 is 0. The van der Waals surface area contributed by atoms with E-state index in [4.69, 9.17) is 5.73 Å². The molecule has 2 atom stereocenters. The highest BCUT2D eigenvalue weighted by Crippen LogP contribution is 2.28. The number of nitrogens with zero attached hydrogens (tertiary/aromatic N) is 1. The highest BCUT2D eigenvalue weighted by Gasteiger charge is 2.42. The van der Waals surface area contributed by atoms with Crippen molar-refractivity contribution in [3.05, 3.63) is 35.9 Å². The lowest BCUT2D eigenvalue weighted by Gasteiger charge is -2.24. The summed E-state index contributed by atoms with van der Waals surface area (Å²) in [6.45, 7) is 0.364. The van der Waals surface area contributed by atoms with Gasteiger partial charge in [-0.3, -0.25) is 9.59 Å². The van der Waals surface area contributed by atoms with Crippen molar-refractivity contribution in [2.75, 3.05) is 6.54 Å².